The topological polar surface area (TPSA) is 134 Å². The van der Waals surface area contributed by atoms with Gasteiger partial charge in [0.25, 0.3) is 5.56 Å². The first-order valence-electron chi connectivity index (χ1n) is 8.01. The fourth-order valence-electron chi connectivity index (χ4n) is 2.44. The zero-order valence-corrected chi connectivity index (χ0v) is 13.8. The van der Waals surface area contributed by atoms with E-state index in [4.69, 9.17) is 9.84 Å². The van der Waals surface area contributed by atoms with Crippen LogP contribution in [0.15, 0.2) is 15.8 Å². The summed E-state index contributed by atoms with van der Waals surface area (Å²) in [5.74, 6) is 5.13. The van der Waals surface area contributed by atoms with Gasteiger partial charge in [-0.15, -0.1) is 0 Å². The molecule has 4 N–H and O–H groups in total. The first kappa shape index (κ1) is 18.9. The molecule has 1 fully saturated rings. The molecule has 1 aromatic heterocycles. The van der Waals surface area contributed by atoms with Gasteiger partial charge in [0.15, 0.2) is 0 Å². The van der Waals surface area contributed by atoms with E-state index in [0.717, 1.165) is 11.0 Å². The van der Waals surface area contributed by atoms with Crippen molar-refractivity contribution in [3.8, 4) is 11.8 Å². The summed E-state index contributed by atoms with van der Waals surface area (Å²) in [6.07, 6.45) is -0.00597. The molecule has 9 nitrogen and oxygen atoms in total. The summed E-state index contributed by atoms with van der Waals surface area (Å²) in [6.45, 7) is 1.60. The van der Waals surface area contributed by atoms with Gasteiger partial charge in [-0.3, -0.25) is 19.1 Å². The molecule has 0 radical (unpaired) electrons. The fourth-order valence-corrected chi connectivity index (χ4v) is 2.44. The molecule has 3 atom stereocenters. The number of nitrogens with one attached hydrogen (secondary N) is 2. The van der Waals surface area contributed by atoms with Crippen molar-refractivity contribution in [3.63, 3.8) is 0 Å². The molecular formula is C16H21N3O6. The molecule has 0 bridgehead atoms. The lowest BCUT2D eigenvalue weighted by Crippen LogP contribution is -2.33. The Morgan fingerprint density at radius 1 is 1.52 bits per heavy atom. The molecule has 136 valence electrons. The molecule has 9 heteroatoms. The number of aromatic nitrogens is 2. The third-order valence-corrected chi connectivity index (χ3v) is 3.74. The SMILES string of the molecule is CCCC(=O)NCC#Cc1cn([C@H]2C[C@H](O)[C@@H](CO)O2)c(=O)[nH]c1=O. The minimum absolute atomic E-state index is 0.0369. The van der Waals surface area contributed by atoms with Crippen LogP contribution in [0.4, 0.5) is 0 Å². The van der Waals surface area contributed by atoms with Gasteiger partial charge in [0.05, 0.1) is 19.3 Å². The predicted octanol–water partition coefficient (Wildman–Crippen LogP) is -1.55. The van der Waals surface area contributed by atoms with Crippen LogP contribution in [-0.4, -0.2) is 51.0 Å². The van der Waals surface area contributed by atoms with Crippen molar-refractivity contribution in [2.75, 3.05) is 13.2 Å². The van der Waals surface area contributed by atoms with Crippen LogP contribution in [0, 0.1) is 11.8 Å². The Bertz CT molecular complexity index is 788. The Kier molecular flexibility index (Phi) is 6.52. The summed E-state index contributed by atoms with van der Waals surface area (Å²) in [5, 5.41) is 21.5. The van der Waals surface area contributed by atoms with Gasteiger partial charge in [-0.05, 0) is 6.42 Å². The van der Waals surface area contributed by atoms with E-state index in [9.17, 15) is 19.5 Å². The number of aliphatic hydroxyl groups is 2. The van der Waals surface area contributed by atoms with Crippen LogP contribution in [0.2, 0.25) is 0 Å². The normalized spacial score (nSPS) is 22.3. The average molecular weight is 351 g/mol. The van der Waals surface area contributed by atoms with Crippen LogP contribution in [0.5, 0.6) is 0 Å². The average Bonchev–Trinajstić information content (AvgIpc) is 2.94. The standard InChI is InChI=1S/C16H21N3O6/c1-2-4-13(22)17-6-3-5-10-8-19(16(24)18-15(10)23)14-7-11(21)12(9-20)25-14/h8,11-12,14,20-21H,2,4,6-7,9H2,1H3,(H,17,22)(H,18,23,24)/t11-,12+,14+/m0/s1. The molecule has 2 rings (SSSR count). The number of carbonyl (C=O) groups is 1. The van der Waals surface area contributed by atoms with Gasteiger partial charge in [0, 0.05) is 19.0 Å². The van der Waals surface area contributed by atoms with Gasteiger partial charge in [0.1, 0.15) is 17.9 Å². The largest absolute Gasteiger partial charge is 0.394 e. The van der Waals surface area contributed by atoms with Gasteiger partial charge in [-0.25, -0.2) is 4.79 Å². The lowest BCUT2D eigenvalue weighted by atomic mass is 10.2. The van der Waals surface area contributed by atoms with Crippen molar-refractivity contribution in [2.45, 2.75) is 44.6 Å². The molecule has 1 aliphatic rings. The Labute approximate surface area is 143 Å². The van der Waals surface area contributed by atoms with E-state index in [1.54, 1.807) is 0 Å². The van der Waals surface area contributed by atoms with E-state index in [0.29, 0.717) is 6.42 Å². The predicted molar refractivity (Wildman–Crippen MR) is 87.7 cm³/mol. The van der Waals surface area contributed by atoms with Gasteiger partial charge in [0.2, 0.25) is 5.91 Å². The second-order valence-electron chi connectivity index (χ2n) is 5.65. The summed E-state index contributed by atoms with van der Waals surface area (Å²) < 4.78 is 6.53. The molecule has 0 aromatic carbocycles. The van der Waals surface area contributed by atoms with Gasteiger partial charge >= 0.3 is 5.69 Å². The Hall–Kier alpha value is -2.41. The summed E-state index contributed by atoms with van der Waals surface area (Å²) in [5.41, 5.74) is -1.30. The number of hydrogen-bond acceptors (Lipinski definition) is 6. The molecule has 1 aliphatic heterocycles. The number of rotatable bonds is 5. The van der Waals surface area contributed by atoms with Crippen LogP contribution < -0.4 is 16.6 Å². The van der Waals surface area contributed by atoms with Crippen LogP contribution in [-0.2, 0) is 9.53 Å². The first-order chi connectivity index (χ1) is 12.0. The van der Waals surface area contributed by atoms with E-state index < -0.39 is 29.7 Å². The first-order valence-corrected chi connectivity index (χ1v) is 8.01. The lowest BCUT2D eigenvalue weighted by molar-refractivity contribution is -0.120. The maximum Gasteiger partial charge on any atom is 0.330 e. The molecular weight excluding hydrogens is 330 g/mol. The molecule has 25 heavy (non-hydrogen) atoms. The number of carbonyl (C=O) groups excluding carboxylic acids is 1. The number of ether oxygens (including phenoxy) is 1. The van der Waals surface area contributed by atoms with E-state index in [1.165, 1.54) is 6.20 Å². The smallest absolute Gasteiger partial charge is 0.330 e. The van der Waals surface area contributed by atoms with Crippen molar-refractivity contribution < 1.29 is 19.7 Å². The Morgan fingerprint density at radius 2 is 2.28 bits per heavy atom. The highest BCUT2D eigenvalue weighted by Gasteiger charge is 2.35. The third-order valence-electron chi connectivity index (χ3n) is 3.74. The summed E-state index contributed by atoms with van der Waals surface area (Å²) in [7, 11) is 0. The molecule has 0 spiro atoms. The summed E-state index contributed by atoms with van der Waals surface area (Å²) >= 11 is 0. The molecule has 2 heterocycles. The molecule has 1 aromatic rings. The molecule has 0 saturated carbocycles. The van der Waals surface area contributed by atoms with Crippen LogP contribution >= 0.6 is 0 Å². The maximum absolute atomic E-state index is 12.0. The quantitative estimate of drug-likeness (QED) is 0.474. The van der Waals surface area contributed by atoms with Gasteiger partial charge in [-0.2, -0.15) is 0 Å². The summed E-state index contributed by atoms with van der Waals surface area (Å²) in [6, 6.07) is 0. The van der Waals surface area contributed by atoms with Crippen molar-refractivity contribution in [1.82, 2.24) is 14.9 Å². The fraction of sp³-hybridized carbons (Fsp3) is 0.562. The summed E-state index contributed by atoms with van der Waals surface area (Å²) in [4.78, 5) is 37.3. The van der Waals surface area contributed by atoms with Crippen LogP contribution in [0.3, 0.4) is 0 Å². The van der Waals surface area contributed by atoms with Crippen molar-refractivity contribution in [3.05, 3.63) is 32.6 Å². The van der Waals surface area contributed by atoms with E-state index in [2.05, 4.69) is 22.1 Å². The molecule has 1 amide bonds. The second kappa shape index (κ2) is 8.62. The molecule has 1 saturated heterocycles. The van der Waals surface area contributed by atoms with Gasteiger partial charge in [-0.1, -0.05) is 18.8 Å². The Morgan fingerprint density at radius 3 is 2.92 bits per heavy atom. The van der Waals surface area contributed by atoms with Crippen LogP contribution in [0.1, 0.15) is 38.0 Å². The van der Waals surface area contributed by atoms with Crippen molar-refractivity contribution in [1.29, 1.82) is 0 Å². The number of hydrogen-bond donors (Lipinski definition) is 4. The van der Waals surface area contributed by atoms with E-state index in [-0.39, 0.29) is 31.0 Å². The van der Waals surface area contributed by atoms with E-state index in [1.807, 2.05) is 6.92 Å². The van der Waals surface area contributed by atoms with Gasteiger partial charge < -0.3 is 20.3 Å². The zero-order valence-electron chi connectivity index (χ0n) is 13.8. The number of aliphatic hydroxyl groups excluding tert-OH is 2. The molecule has 0 unspecified atom stereocenters. The highest BCUT2D eigenvalue weighted by atomic mass is 16.5. The highest BCUT2D eigenvalue weighted by Crippen LogP contribution is 2.27. The number of nitrogens with zero attached hydrogens (tertiary/aromatic N) is 1. The monoisotopic (exact) mass is 351 g/mol. The van der Waals surface area contributed by atoms with Crippen LogP contribution in [0.25, 0.3) is 0 Å². The minimum atomic E-state index is -0.905. The number of H-pyrrole nitrogens is 1. The zero-order chi connectivity index (χ0) is 18.4. The molecule has 0 aliphatic carbocycles. The third kappa shape index (κ3) is 4.79. The van der Waals surface area contributed by atoms with Crippen molar-refractivity contribution >= 4 is 5.91 Å². The minimum Gasteiger partial charge on any atom is -0.394 e. The second-order valence-corrected chi connectivity index (χ2v) is 5.65. The number of aromatic amines is 1. The lowest BCUT2D eigenvalue weighted by Gasteiger charge is -2.14. The Balaban J connectivity index is 2.15. The number of amides is 1. The van der Waals surface area contributed by atoms with Crippen molar-refractivity contribution in [2.24, 2.45) is 0 Å². The highest BCUT2D eigenvalue weighted by molar-refractivity contribution is 5.76. The maximum atomic E-state index is 12.0. The van der Waals surface area contributed by atoms with E-state index >= 15 is 0 Å².